The number of nitrogens with zero attached hydrogens (tertiary/aromatic N) is 2. The van der Waals surface area contributed by atoms with Gasteiger partial charge in [-0.1, -0.05) is 50.7 Å². The Hall–Kier alpha value is -1.26. The van der Waals surface area contributed by atoms with Crippen LogP contribution in [-0.4, -0.2) is 35.3 Å². The molecule has 0 spiro atoms. The second-order valence-electron chi connectivity index (χ2n) is 8.67. The lowest BCUT2D eigenvalue weighted by atomic mass is 9.93. The van der Waals surface area contributed by atoms with E-state index in [-0.39, 0.29) is 0 Å². The summed E-state index contributed by atoms with van der Waals surface area (Å²) < 4.78 is 12.5. The Labute approximate surface area is 157 Å². The molecule has 4 heteroatoms. The minimum atomic E-state index is 0.704. The maximum Gasteiger partial charge on any atom is 0.168 e. The highest BCUT2D eigenvalue weighted by Crippen LogP contribution is 2.42. The quantitative estimate of drug-likeness (QED) is 0.770. The normalized spacial score (nSPS) is 25.8. The molecule has 2 saturated carbocycles. The summed E-state index contributed by atoms with van der Waals surface area (Å²) >= 11 is 0. The summed E-state index contributed by atoms with van der Waals surface area (Å²) in [5, 5.41) is 0. The lowest BCUT2D eigenvalue weighted by Gasteiger charge is -2.40. The summed E-state index contributed by atoms with van der Waals surface area (Å²) in [4.78, 5) is 5.07. The SMILES string of the molecule is c1cc2c(c3c1CN(C1CCCCC1)CO3)OCN(C1CCCCC1)C2. The zero-order chi connectivity index (χ0) is 17.3. The number of hydrogen-bond acceptors (Lipinski definition) is 4. The molecule has 0 N–H and O–H groups in total. The fourth-order valence-corrected chi connectivity index (χ4v) is 5.39. The Balaban J connectivity index is 1.31. The van der Waals surface area contributed by atoms with E-state index in [2.05, 4.69) is 21.9 Å². The largest absolute Gasteiger partial charge is 0.474 e. The van der Waals surface area contributed by atoms with Crippen LogP contribution in [0.5, 0.6) is 11.5 Å². The average molecular weight is 357 g/mol. The van der Waals surface area contributed by atoms with Crippen molar-refractivity contribution in [3.05, 3.63) is 23.3 Å². The molecule has 4 nitrogen and oxygen atoms in total. The highest BCUT2D eigenvalue weighted by Gasteiger charge is 2.32. The fourth-order valence-electron chi connectivity index (χ4n) is 5.39. The van der Waals surface area contributed by atoms with Crippen LogP contribution in [0.1, 0.15) is 75.3 Å². The van der Waals surface area contributed by atoms with E-state index < -0.39 is 0 Å². The molecule has 26 heavy (non-hydrogen) atoms. The Morgan fingerprint density at radius 1 is 0.615 bits per heavy atom. The number of hydrogen-bond donors (Lipinski definition) is 0. The van der Waals surface area contributed by atoms with Crippen LogP contribution in [0.3, 0.4) is 0 Å². The van der Waals surface area contributed by atoms with Gasteiger partial charge in [0.05, 0.1) is 0 Å². The standard InChI is InChI=1S/C22H32N2O2/c1-3-7-19(8-4-1)23-13-17-11-12-18-14-24(20-9-5-2-6-10-20)16-26-22(18)21(17)25-15-23/h11-12,19-20H,1-10,13-16H2. The van der Waals surface area contributed by atoms with Crippen molar-refractivity contribution in [2.45, 2.75) is 89.4 Å². The maximum atomic E-state index is 6.25. The highest BCUT2D eigenvalue weighted by atomic mass is 16.5. The third-order valence-electron chi connectivity index (χ3n) is 6.95. The Bertz CT molecular complexity index is 580. The van der Waals surface area contributed by atoms with Crippen molar-refractivity contribution < 1.29 is 9.47 Å². The molecule has 2 fully saturated rings. The van der Waals surface area contributed by atoms with Crippen molar-refractivity contribution in [1.29, 1.82) is 0 Å². The van der Waals surface area contributed by atoms with Gasteiger partial charge in [0.1, 0.15) is 13.5 Å². The Morgan fingerprint density at radius 2 is 1.04 bits per heavy atom. The molecule has 0 aromatic heterocycles. The molecule has 1 aromatic rings. The topological polar surface area (TPSA) is 24.9 Å². The lowest BCUT2D eigenvalue weighted by molar-refractivity contribution is 0.0204. The van der Waals surface area contributed by atoms with Gasteiger partial charge in [0.15, 0.2) is 11.5 Å². The minimum Gasteiger partial charge on any atom is -0.474 e. The summed E-state index contributed by atoms with van der Waals surface area (Å²) in [6, 6.07) is 5.99. The number of fused-ring (bicyclic) bond motifs is 3. The van der Waals surface area contributed by atoms with Gasteiger partial charge in [-0.25, -0.2) is 0 Å². The van der Waals surface area contributed by atoms with Gasteiger partial charge in [-0.15, -0.1) is 0 Å². The first kappa shape index (κ1) is 16.9. The van der Waals surface area contributed by atoms with E-state index in [9.17, 15) is 0 Å². The van der Waals surface area contributed by atoms with Gasteiger partial charge >= 0.3 is 0 Å². The zero-order valence-electron chi connectivity index (χ0n) is 15.9. The van der Waals surface area contributed by atoms with Gasteiger partial charge in [-0.2, -0.15) is 0 Å². The van der Waals surface area contributed by atoms with E-state index >= 15 is 0 Å². The molecule has 1 aromatic carbocycles. The number of ether oxygens (including phenoxy) is 2. The summed E-state index contributed by atoms with van der Waals surface area (Å²) in [6.45, 7) is 3.49. The Kier molecular flexibility index (Phi) is 4.80. The zero-order valence-corrected chi connectivity index (χ0v) is 15.9. The third-order valence-corrected chi connectivity index (χ3v) is 6.95. The van der Waals surface area contributed by atoms with Crippen LogP contribution in [0.25, 0.3) is 0 Å². The van der Waals surface area contributed by atoms with Crippen molar-refractivity contribution in [2.24, 2.45) is 0 Å². The second kappa shape index (κ2) is 7.40. The molecule has 5 rings (SSSR count). The van der Waals surface area contributed by atoms with E-state index in [1.807, 2.05) is 0 Å². The number of rotatable bonds is 2. The lowest BCUT2D eigenvalue weighted by Crippen LogP contribution is -2.43. The van der Waals surface area contributed by atoms with Crippen molar-refractivity contribution in [3.8, 4) is 11.5 Å². The van der Waals surface area contributed by atoms with Crippen LogP contribution < -0.4 is 9.47 Å². The van der Waals surface area contributed by atoms with E-state index in [4.69, 9.17) is 9.47 Å². The molecular weight excluding hydrogens is 324 g/mol. The van der Waals surface area contributed by atoms with E-state index in [1.54, 1.807) is 0 Å². The average Bonchev–Trinajstić information content (AvgIpc) is 2.74. The fraction of sp³-hybridized carbons (Fsp3) is 0.727. The van der Waals surface area contributed by atoms with Gasteiger partial charge in [0.2, 0.25) is 0 Å². The molecule has 2 aliphatic carbocycles. The first-order valence-corrected chi connectivity index (χ1v) is 10.8. The predicted molar refractivity (Wildman–Crippen MR) is 102 cm³/mol. The van der Waals surface area contributed by atoms with Crippen LogP contribution in [-0.2, 0) is 13.1 Å². The van der Waals surface area contributed by atoms with Crippen LogP contribution in [0.2, 0.25) is 0 Å². The number of benzene rings is 1. The van der Waals surface area contributed by atoms with E-state index in [0.717, 1.165) is 38.1 Å². The predicted octanol–water partition coefficient (Wildman–Crippen LogP) is 4.66. The summed E-state index contributed by atoms with van der Waals surface area (Å²) in [6.07, 6.45) is 13.6. The molecule has 2 heterocycles. The maximum absolute atomic E-state index is 6.25. The van der Waals surface area contributed by atoms with Crippen molar-refractivity contribution >= 4 is 0 Å². The van der Waals surface area contributed by atoms with Gasteiger partial charge in [-0.3, -0.25) is 9.80 Å². The second-order valence-corrected chi connectivity index (χ2v) is 8.67. The molecular formula is C22H32N2O2. The Morgan fingerprint density at radius 3 is 1.46 bits per heavy atom. The van der Waals surface area contributed by atoms with Gasteiger partial charge in [-0.05, 0) is 25.7 Å². The summed E-state index contributed by atoms with van der Waals surface area (Å²) in [7, 11) is 0. The molecule has 0 saturated heterocycles. The van der Waals surface area contributed by atoms with Crippen LogP contribution in [0, 0.1) is 0 Å². The van der Waals surface area contributed by atoms with Crippen molar-refractivity contribution in [2.75, 3.05) is 13.5 Å². The van der Waals surface area contributed by atoms with Crippen LogP contribution >= 0.6 is 0 Å². The first-order chi connectivity index (χ1) is 12.9. The van der Waals surface area contributed by atoms with Crippen molar-refractivity contribution in [3.63, 3.8) is 0 Å². The van der Waals surface area contributed by atoms with Gasteiger partial charge < -0.3 is 9.47 Å². The summed E-state index contributed by atoms with van der Waals surface area (Å²) in [5.41, 5.74) is 2.62. The third kappa shape index (κ3) is 3.22. The molecule has 0 bridgehead atoms. The minimum absolute atomic E-state index is 0.704. The van der Waals surface area contributed by atoms with Gasteiger partial charge in [0, 0.05) is 36.3 Å². The van der Waals surface area contributed by atoms with Crippen molar-refractivity contribution in [1.82, 2.24) is 9.80 Å². The van der Waals surface area contributed by atoms with Gasteiger partial charge in [0.25, 0.3) is 0 Å². The molecule has 142 valence electrons. The van der Waals surface area contributed by atoms with Crippen LogP contribution in [0.4, 0.5) is 0 Å². The van der Waals surface area contributed by atoms with E-state index in [0.29, 0.717) is 12.1 Å². The molecule has 0 atom stereocenters. The summed E-state index contributed by atoms with van der Waals surface area (Å²) in [5.74, 6) is 2.05. The molecule has 0 radical (unpaired) electrons. The monoisotopic (exact) mass is 356 g/mol. The first-order valence-electron chi connectivity index (χ1n) is 10.8. The molecule has 0 unspecified atom stereocenters. The smallest absolute Gasteiger partial charge is 0.168 e. The van der Waals surface area contributed by atoms with E-state index in [1.165, 1.54) is 75.3 Å². The molecule has 2 aliphatic heterocycles. The van der Waals surface area contributed by atoms with Crippen LogP contribution in [0.15, 0.2) is 12.1 Å². The molecule has 4 aliphatic rings. The molecule has 0 amide bonds. The highest BCUT2D eigenvalue weighted by molar-refractivity contribution is 5.53.